The minimum absolute atomic E-state index is 0.0860. The molecule has 0 aromatic heterocycles. The Labute approximate surface area is 276 Å². The van der Waals surface area contributed by atoms with Crippen LogP contribution in [0.15, 0.2) is 170 Å². The van der Waals surface area contributed by atoms with E-state index in [9.17, 15) is 0 Å². The van der Waals surface area contributed by atoms with Gasteiger partial charge in [0, 0.05) is 34.1 Å². The number of ether oxygens (including phenoxy) is 1. The Morgan fingerprint density at radius 1 is 0.489 bits per heavy atom. The Hall–Kier alpha value is -6.00. The van der Waals surface area contributed by atoms with E-state index in [0.29, 0.717) is 0 Å². The molecule has 222 valence electrons. The zero-order chi connectivity index (χ0) is 31.3. The average Bonchev–Trinajstić information content (AvgIpc) is 3.13. The number of rotatable bonds is 5. The first-order valence-corrected chi connectivity index (χ1v) is 16.1. The van der Waals surface area contributed by atoms with Crippen LogP contribution in [0.3, 0.4) is 0 Å². The number of para-hydroxylation sites is 4. The summed E-state index contributed by atoms with van der Waals surface area (Å²) in [5.41, 5.74) is 14.3. The quantitative estimate of drug-likeness (QED) is 0.183. The first-order chi connectivity index (χ1) is 23.2. The fourth-order valence-corrected chi connectivity index (χ4v) is 7.39. The van der Waals surface area contributed by atoms with E-state index in [1.165, 1.54) is 38.8 Å². The lowest BCUT2D eigenvalue weighted by molar-refractivity contribution is 0.487. The van der Waals surface area contributed by atoms with Crippen molar-refractivity contribution >= 4 is 57.2 Å². The molecule has 0 bridgehead atoms. The minimum Gasteiger partial charge on any atom is -0.458 e. The SMILES string of the molecule is Cc1cc(-c2ccc(N(c3ccccc3)c3ccccc3)cc2)cc2c1B1c3ccccc3Oc3cccc(c31)N2c1ccccc1. The van der Waals surface area contributed by atoms with Gasteiger partial charge in [-0.05, 0) is 107 Å². The molecular formula is C43H31BN2O. The number of aryl methyl sites for hydroxylation is 1. The van der Waals surface area contributed by atoms with E-state index in [0.717, 1.165) is 39.9 Å². The molecule has 2 heterocycles. The third-order valence-electron chi connectivity index (χ3n) is 9.42. The summed E-state index contributed by atoms with van der Waals surface area (Å²) in [5.74, 6) is 1.86. The number of hydrogen-bond acceptors (Lipinski definition) is 3. The smallest absolute Gasteiger partial charge is 0.256 e. The second-order valence-corrected chi connectivity index (χ2v) is 12.2. The lowest BCUT2D eigenvalue weighted by Crippen LogP contribution is -2.60. The van der Waals surface area contributed by atoms with Gasteiger partial charge < -0.3 is 14.5 Å². The van der Waals surface area contributed by atoms with Crippen molar-refractivity contribution < 1.29 is 4.74 Å². The van der Waals surface area contributed by atoms with Gasteiger partial charge in [0.1, 0.15) is 11.5 Å². The van der Waals surface area contributed by atoms with Gasteiger partial charge in [0.2, 0.25) is 0 Å². The summed E-state index contributed by atoms with van der Waals surface area (Å²) in [6.45, 7) is 2.35. The van der Waals surface area contributed by atoms with Crippen LogP contribution >= 0.6 is 0 Å². The molecule has 0 radical (unpaired) electrons. The molecule has 0 saturated heterocycles. The van der Waals surface area contributed by atoms with Gasteiger partial charge in [0.15, 0.2) is 0 Å². The number of hydrogen-bond donors (Lipinski definition) is 0. The van der Waals surface area contributed by atoms with Gasteiger partial charge in [-0.3, -0.25) is 0 Å². The molecule has 0 atom stereocenters. The summed E-state index contributed by atoms with van der Waals surface area (Å²) in [7, 11) is 0. The van der Waals surface area contributed by atoms with Gasteiger partial charge in [-0.15, -0.1) is 0 Å². The second-order valence-electron chi connectivity index (χ2n) is 12.2. The van der Waals surface area contributed by atoms with Gasteiger partial charge >= 0.3 is 0 Å². The lowest BCUT2D eigenvalue weighted by Gasteiger charge is -2.41. The predicted molar refractivity (Wildman–Crippen MR) is 197 cm³/mol. The van der Waals surface area contributed by atoms with Crippen molar-refractivity contribution in [2.75, 3.05) is 9.80 Å². The zero-order valence-corrected chi connectivity index (χ0v) is 26.0. The third kappa shape index (κ3) is 4.52. The topological polar surface area (TPSA) is 15.7 Å². The molecular weight excluding hydrogens is 571 g/mol. The summed E-state index contributed by atoms with van der Waals surface area (Å²) in [5, 5.41) is 0. The largest absolute Gasteiger partial charge is 0.458 e. The van der Waals surface area contributed by atoms with Crippen molar-refractivity contribution in [3.05, 3.63) is 175 Å². The molecule has 0 amide bonds. The molecule has 7 aromatic carbocycles. The molecule has 2 aliphatic heterocycles. The highest BCUT2D eigenvalue weighted by Crippen LogP contribution is 2.43. The van der Waals surface area contributed by atoms with Crippen molar-refractivity contribution in [2.45, 2.75) is 6.92 Å². The van der Waals surface area contributed by atoms with Crippen molar-refractivity contribution in [1.29, 1.82) is 0 Å². The van der Waals surface area contributed by atoms with Crippen LogP contribution in [0.25, 0.3) is 11.1 Å². The van der Waals surface area contributed by atoms with Crippen LogP contribution in [-0.2, 0) is 0 Å². The Morgan fingerprint density at radius 3 is 1.79 bits per heavy atom. The summed E-state index contributed by atoms with van der Waals surface area (Å²) in [6, 6.07) is 60.4. The Kier molecular flexibility index (Phi) is 6.46. The van der Waals surface area contributed by atoms with E-state index in [-0.39, 0.29) is 6.71 Å². The maximum absolute atomic E-state index is 6.52. The second kappa shape index (κ2) is 11.1. The third-order valence-corrected chi connectivity index (χ3v) is 9.42. The fraction of sp³-hybridized carbons (Fsp3) is 0.0233. The predicted octanol–water partition coefficient (Wildman–Crippen LogP) is 9.54. The Balaban J connectivity index is 1.20. The molecule has 0 unspecified atom stereocenters. The summed E-state index contributed by atoms with van der Waals surface area (Å²) >= 11 is 0. The number of benzene rings is 7. The number of fused-ring (bicyclic) bond motifs is 4. The van der Waals surface area contributed by atoms with Crippen LogP contribution in [0.1, 0.15) is 5.56 Å². The Morgan fingerprint density at radius 2 is 1.09 bits per heavy atom. The molecule has 7 aromatic rings. The van der Waals surface area contributed by atoms with Crippen molar-refractivity contribution in [2.24, 2.45) is 0 Å². The highest BCUT2D eigenvalue weighted by atomic mass is 16.5. The van der Waals surface area contributed by atoms with Crippen LogP contribution in [-0.4, -0.2) is 6.71 Å². The molecule has 2 aliphatic rings. The standard InChI is InChI=1S/C43H31BN2O/c1-30-28-32(31-24-26-36(27-25-31)45(33-14-5-2-6-15-33)34-16-7-3-8-17-34)29-39-42(30)44-37-20-11-12-22-40(37)47-41-23-13-21-38(43(41)44)46(39)35-18-9-4-10-19-35/h2-29H,1H3. The first-order valence-electron chi connectivity index (χ1n) is 16.1. The van der Waals surface area contributed by atoms with Crippen LogP contribution < -0.4 is 30.9 Å². The molecule has 3 nitrogen and oxygen atoms in total. The summed E-state index contributed by atoms with van der Waals surface area (Å²) in [6.07, 6.45) is 0. The van der Waals surface area contributed by atoms with Crippen LogP contribution in [0, 0.1) is 6.92 Å². The van der Waals surface area contributed by atoms with Gasteiger partial charge in [0.05, 0.1) is 0 Å². The fourth-order valence-electron chi connectivity index (χ4n) is 7.39. The van der Waals surface area contributed by atoms with Crippen molar-refractivity contribution in [3.8, 4) is 22.6 Å². The molecule has 0 N–H and O–H groups in total. The molecule has 0 spiro atoms. The van der Waals surface area contributed by atoms with E-state index < -0.39 is 0 Å². The van der Waals surface area contributed by atoms with Crippen molar-refractivity contribution in [1.82, 2.24) is 0 Å². The molecule has 0 saturated carbocycles. The molecule has 4 heteroatoms. The maximum Gasteiger partial charge on any atom is 0.256 e. The average molecular weight is 603 g/mol. The van der Waals surface area contributed by atoms with Crippen LogP contribution in [0.4, 0.5) is 34.1 Å². The summed E-state index contributed by atoms with van der Waals surface area (Å²) < 4.78 is 6.52. The van der Waals surface area contributed by atoms with E-state index >= 15 is 0 Å². The Bertz CT molecular complexity index is 2200. The van der Waals surface area contributed by atoms with Crippen LogP contribution in [0.5, 0.6) is 11.5 Å². The zero-order valence-electron chi connectivity index (χ0n) is 26.0. The summed E-state index contributed by atoms with van der Waals surface area (Å²) in [4.78, 5) is 4.72. The van der Waals surface area contributed by atoms with E-state index in [1.54, 1.807) is 0 Å². The van der Waals surface area contributed by atoms with Gasteiger partial charge in [-0.2, -0.15) is 0 Å². The molecule has 47 heavy (non-hydrogen) atoms. The molecule has 0 aliphatic carbocycles. The van der Waals surface area contributed by atoms with Crippen LogP contribution in [0.2, 0.25) is 0 Å². The first kappa shape index (κ1) is 27.3. The van der Waals surface area contributed by atoms with Gasteiger partial charge in [0.25, 0.3) is 6.71 Å². The number of nitrogens with zero attached hydrogens (tertiary/aromatic N) is 2. The van der Waals surface area contributed by atoms with E-state index in [1.807, 2.05) is 0 Å². The normalized spacial score (nSPS) is 12.4. The monoisotopic (exact) mass is 602 g/mol. The highest BCUT2D eigenvalue weighted by Gasteiger charge is 2.42. The van der Waals surface area contributed by atoms with Crippen molar-refractivity contribution in [3.63, 3.8) is 0 Å². The minimum atomic E-state index is 0.0860. The molecule has 0 fully saturated rings. The van der Waals surface area contributed by atoms with Gasteiger partial charge in [-0.1, -0.05) is 103 Å². The highest BCUT2D eigenvalue weighted by molar-refractivity contribution is 6.99. The van der Waals surface area contributed by atoms with E-state index in [4.69, 9.17) is 4.74 Å². The molecule has 9 rings (SSSR count). The number of anilines is 6. The maximum atomic E-state index is 6.52. The van der Waals surface area contributed by atoms with Gasteiger partial charge in [-0.25, -0.2) is 0 Å². The van der Waals surface area contributed by atoms with E-state index in [2.05, 4.69) is 187 Å². The lowest BCUT2D eigenvalue weighted by atomic mass is 9.33.